The van der Waals surface area contributed by atoms with Crippen LogP contribution in [0.4, 0.5) is 0 Å². The number of pyridine rings is 1. The van der Waals surface area contributed by atoms with E-state index in [2.05, 4.69) is 10.3 Å². The third kappa shape index (κ3) is 5.41. The number of carbonyl (C=O) groups is 1. The molecule has 3 aromatic rings. The van der Waals surface area contributed by atoms with E-state index in [0.29, 0.717) is 41.8 Å². The third-order valence-corrected chi connectivity index (χ3v) is 4.26. The Morgan fingerprint density at radius 2 is 1.67 bits per heavy atom. The van der Waals surface area contributed by atoms with E-state index in [1.165, 1.54) is 7.11 Å². The molecule has 1 amide bonds. The molecule has 1 heterocycles. The lowest BCUT2D eigenvalue weighted by Crippen LogP contribution is -2.22. The molecule has 30 heavy (non-hydrogen) atoms. The minimum Gasteiger partial charge on any atom is -0.494 e. The zero-order chi connectivity index (χ0) is 21.3. The summed E-state index contributed by atoms with van der Waals surface area (Å²) >= 11 is 0. The van der Waals surface area contributed by atoms with Crippen molar-refractivity contribution in [2.45, 2.75) is 13.5 Å². The number of hydrogen-bond donors (Lipinski definition) is 1. The van der Waals surface area contributed by atoms with Crippen molar-refractivity contribution in [1.82, 2.24) is 10.3 Å². The van der Waals surface area contributed by atoms with E-state index in [4.69, 9.17) is 18.9 Å². The number of nitrogens with zero attached hydrogens (tertiary/aromatic N) is 1. The lowest BCUT2D eigenvalue weighted by Gasteiger charge is -2.11. The largest absolute Gasteiger partial charge is 0.494 e. The molecule has 0 atom stereocenters. The standard InChI is InChI=1S/C23H24N2O5/c1-4-29-18-6-8-19(9-7-18)30-22-13-16(11-12-24-22)15-25-23(26)17-5-10-20(27-2)21(14-17)28-3/h5-14H,4,15H2,1-3H3,(H,25,26). The molecule has 0 unspecified atom stereocenters. The van der Waals surface area contributed by atoms with Crippen LogP contribution >= 0.6 is 0 Å². The van der Waals surface area contributed by atoms with Crippen molar-refractivity contribution in [2.24, 2.45) is 0 Å². The highest BCUT2D eigenvalue weighted by atomic mass is 16.5. The van der Waals surface area contributed by atoms with Crippen LogP contribution in [0.25, 0.3) is 0 Å². The molecule has 0 fully saturated rings. The first kappa shape index (κ1) is 21.0. The highest BCUT2D eigenvalue weighted by Gasteiger charge is 2.11. The highest BCUT2D eigenvalue weighted by Crippen LogP contribution is 2.27. The van der Waals surface area contributed by atoms with Crippen LogP contribution in [-0.4, -0.2) is 31.7 Å². The molecule has 0 aliphatic rings. The number of benzene rings is 2. The van der Waals surface area contributed by atoms with Gasteiger partial charge in [0.2, 0.25) is 5.88 Å². The summed E-state index contributed by atoms with van der Waals surface area (Å²) in [6, 6.07) is 15.9. The van der Waals surface area contributed by atoms with Crippen LogP contribution in [0, 0.1) is 0 Å². The van der Waals surface area contributed by atoms with Crippen LogP contribution < -0.4 is 24.3 Å². The summed E-state index contributed by atoms with van der Waals surface area (Å²) in [7, 11) is 3.08. The molecule has 2 aromatic carbocycles. The molecule has 7 heteroatoms. The summed E-state index contributed by atoms with van der Waals surface area (Å²) in [5.74, 6) is 2.72. The Labute approximate surface area is 175 Å². The van der Waals surface area contributed by atoms with E-state index in [1.807, 2.05) is 37.3 Å². The minimum absolute atomic E-state index is 0.221. The van der Waals surface area contributed by atoms with E-state index in [1.54, 1.807) is 37.6 Å². The van der Waals surface area contributed by atoms with Crippen molar-refractivity contribution in [2.75, 3.05) is 20.8 Å². The van der Waals surface area contributed by atoms with Gasteiger partial charge < -0.3 is 24.3 Å². The van der Waals surface area contributed by atoms with Gasteiger partial charge in [0.1, 0.15) is 11.5 Å². The van der Waals surface area contributed by atoms with E-state index in [-0.39, 0.29) is 5.91 Å². The highest BCUT2D eigenvalue weighted by molar-refractivity contribution is 5.94. The van der Waals surface area contributed by atoms with Gasteiger partial charge in [-0.25, -0.2) is 4.98 Å². The first-order valence-corrected chi connectivity index (χ1v) is 9.48. The van der Waals surface area contributed by atoms with E-state index in [0.717, 1.165) is 11.3 Å². The number of amides is 1. The summed E-state index contributed by atoms with van der Waals surface area (Å²) in [5, 5.41) is 2.88. The second kappa shape index (κ2) is 10.2. The molecule has 0 radical (unpaired) electrons. The van der Waals surface area contributed by atoms with Crippen LogP contribution in [0.1, 0.15) is 22.8 Å². The van der Waals surface area contributed by atoms with Crippen LogP contribution in [-0.2, 0) is 6.54 Å². The molecule has 0 bridgehead atoms. The predicted octanol–water partition coefficient (Wildman–Crippen LogP) is 4.22. The van der Waals surface area contributed by atoms with Gasteiger partial charge in [-0.3, -0.25) is 4.79 Å². The van der Waals surface area contributed by atoms with E-state index >= 15 is 0 Å². The fraction of sp³-hybridized carbons (Fsp3) is 0.217. The number of nitrogens with one attached hydrogen (secondary N) is 1. The van der Waals surface area contributed by atoms with Crippen molar-refractivity contribution >= 4 is 5.91 Å². The fourth-order valence-electron chi connectivity index (χ4n) is 2.77. The Morgan fingerprint density at radius 3 is 2.37 bits per heavy atom. The molecular formula is C23H24N2O5. The number of aromatic nitrogens is 1. The predicted molar refractivity (Wildman–Crippen MR) is 113 cm³/mol. The minimum atomic E-state index is -0.221. The Hall–Kier alpha value is -3.74. The van der Waals surface area contributed by atoms with Crippen LogP contribution in [0.5, 0.6) is 28.9 Å². The average Bonchev–Trinajstić information content (AvgIpc) is 2.78. The maximum Gasteiger partial charge on any atom is 0.251 e. The van der Waals surface area contributed by atoms with Crippen LogP contribution in [0.3, 0.4) is 0 Å². The zero-order valence-electron chi connectivity index (χ0n) is 17.2. The van der Waals surface area contributed by atoms with Crippen molar-refractivity contribution < 1.29 is 23.7 Å². The van der Waals surface area contributed by atoms with Gasteiger partial charge in [0.05, 0.1) is 20.8 Å². The van der Waals surface area contributed by atoms with Crippen LogP contribution in [0.15, 0.2) is 60.8 Å². The Kier molecular flexibility index (Phi) is 7.10. The molecule has 0 spiro atoms. The SMILES string of the molecule is CCOc1ccc(Oc2cc(CNC(=O)c3ccc(OC)c(OC)c3)ccn2)cc1. The summed E-state index contributed by atoms with van der Waals surface area (Å²) in [4.78, 5) is 16.7. The second-order valence-electron chi connectivity index (χ2n) is 6.26. The maximum absolute atomic E-state index is 12.5. The van der Waals surface area contributed by atoms with Gasteiger partial charge in [-0.2, -0.15) is 0 Å². The molecule has 0 aliphatic carbocycles. The zero-order valence-corrected chi connectivity index (χ0v) is 17.2. The van der Waals surface area contributed by atoms with Gasteiger partial charge in [-0.05, 0) is 61.0 Å². The lowest BCUT2D eigenvalue weighted by molar-refractivity contribution is 0.0950. The van der Waals surface area contributed by atoms with Crippen molar-refractivity contribution in [3.05, 3.63) is 71.9 Å². The fourth-order valence-corrected chi connectivity index (χ4v) is 2.77. The van der Waals surface area contributed by atoms with Crippen molar-refractivity contribution in [1.29, 1.82) is 0 Å². The molecule has 156 valence electrons. The van der Waals surface area contributed by atoms with Gasteiger partial charge >= 0.3 is 0 Å². The smallest absolute Gasteiger partial charge is 0.251 e. The first-order valence-electron chi connectivity index (χ1n) is 9.48. The maximum atomic E-state index is 12.5. The Bertz CT molecular complexity index is 989. The molecule has 0 aliphatic heterocycles. The van der Waals surface area contributed by atoms with Gasteiger partial charge in [0.25, 0.3) is 5.91 Å². The number of hydrogen-bond acceptors (Lipinski definition) is 6. The molecular weight excluding hydrogens is 384 g/mol. The summed E-state index contributed by atoms with van der Waals surface area (Å²) in [6.07, 6.45) is 1.64. The van der Waals surface area contributed by atoms with Crippen LogP contribution in [0.2, 0.25) is 0 Å². The number of rotatable bonds is 9. The van der Waals surface area contributed by atoms with Crippen molar-refractivity contribution in [3.8, 4) is 28.9 Å². The van der Waals surface area contributed by atoms with Gasteiger partial charge in [0.15, 0.2) is 11.5 Å². The monoisotopic (exact) mass is 408 g/mol. The molecule has 1 N–H and O–H groups in total. The summed E-state index contributed by atoms with van der Waals surface area (Å²) < 4.78 is 21.7. The van der Waals surface area contributed by atoms with Gasteiger partial charge in [-0.15, -0.1) is 0 Å². The topological polar surface area (TPSA) is 78.9 Å². The van der Waals surface area contributed by atoms with E-state index in [9.17, 15) is 4.79 Å². The second-order valence-corrected chi connectivity index (χ2v) is 6.26. The first-order chi connectivity index (χ1) is 14.6. The molecule has 0 saturated heterocycles. The van der Waals surface area contributed by atoms with Crippen molar-refractivity contribution in [3.63, 3.8) is 0 Å². The third-order valence-electron chi connectivity index (χ3n) is 4.26. The summed E-state index contributed by atoms with van der Waals surface area (Å²) in [6.45, 7) is 2.87. The Balaban J connectivity index is 1.61. The Morgan fingerprint density at radius 1 is 0.933 bits per heavy atom. The van der Waals surface area contributed by atoms with Gasteiger partial charge in [-0.1, -0.05) is 0 Å². The molecule has 0 saturated carbocycles. The normalized spacial score (nSPS) is 10.2. The quantitative estimate of drug-likeness (QED) is 0.571. The number of methoxy groups -OCH3 is 2. The molecule has 7 nitrogen and oxygen atoms in total. The molecule has 3 rings (SSSR count). The summed E-state index contributed by atoms with van der Waals surface area (Å²) in [5.41, 5.74) is 1.34. The number of ether oxygens (including phenoxy) is 4. The lowest BCUT2D eigenvalue weighted by atomic mass is 10.2. The average molecular weight is 408 g/mol. The van der Waals surface area contributed by atoms with Gasteiger partial charge in [0, 0.05) is 24.4 Å². The number of carbonyl (C=O) groups excluding carboxylic acids is 1. The molecule has 1 aromatic heterocycles. The van der Waals surface area contributed by atoms with E-state index < -0.39 is 0 Å².